The number of nitrogens with zero attached hydrogens (tertiary/aromatic N) is 4. The fourth-order valence-corrected chi connectivity index (χ4v) is 3.38. The lowest BCUT2D eigenvalue weighted by atomic mass is 9.95. The van der Waals surface area contributed by atoms with Crippen LogP contribution in [0, 0.1) is 0 Å². The Kier molecular flexibility index (Phi) is 3.37. The number of fused-ring (bicyclic) bond motifs is 1. The zero-order valence-corrected chi connectivity index (χ0v) is 13.0. The van der Waals surface area contributed by atoms with Crippen molar-refractivity contribution in [2.75, 3.05) is 13.1 Å². The van der Waals surface area contributed by atoms with Crippen LogP contribution in [0.25, 0.3) is 10.9 Å². The maximum atomic E-state index is 12.9. The van der Waals surface area contributed by atoms with Crippen molar-refractivity contribution >= 4 is 16.8 Å². The van der Waals surface area contributed by atoms with Crippen molar-refractivity contribution < 1.29 is 9.32 Å². The van der Waals surface area contributed by atoms with E-state index >= 15 is 0 Å². The maximum absolute atomic E-state index is 12.9. The zero-order valence-electron chi connectivity index (χ0n) is 13.0. The van der Waals surface area contributed by atoms with E-state index in [1.165, 1.54) is 6.39 Å². The lowest BCUT2D eigenvalue weighted by Gasteiger charge is -2.30. The number of rotatable bonds is 2. The van der Waals surface area contributed by atoms with Gasteiger partial charge in [-0.15, -0.1) is 0 Å². The molecule has 118 valence electrons. The Bertz CT molecular complexity index is 830. The van der Waals surface area contributed by atoms with Gasteiger partial charge < -0.3 is 14.0 Å². The first kappa shape index (κ1) is 14.0. The minimum atomic E-state index is 0.105. The molecule has 6 nitrogen and oxygen atoms in total. The fourth-order valence-electron chi connectivity index (χ4n) is 3.38. The molecule has 1 aliphatic heterocycles. The Morgan fingerprint density at radius 1 is 1.26 bits per heavy atom. The van der Waals surface area contributed by atoms with E-state index in [1.54, 1.807) is 0 Å². The first-order chi connectivity index (χ1) is 11.2. The summed E-state index contributed by atoms with van der Waals surface area (Å²) < 4.78 is 6.83. The normalized spacial score (nSPS) is 16.1. The van der Waals surface area contributed by atoms with Crippen LogP contribution in [0.4, 0.5) is 0 Å². The zero-order chi connectivity index (χ0) is 15.8. The quantitative estimate of drug-likeness (QED) is 0.730. The highest BCUT2D eigenvalue weighted by atomic mass is 16.5. The molecule has 1 amide bonds. The van der Waals surface area contributed by atoms with E-state index in [0.717, 1.165) is 48.2 Å². The number of piperidine rings is 1. The van der Waals surface area contributed by atoms with E-state index in [1.807, 2.05) is 47.0 Å². The Labute approximate surface area is 133 Å². The molecule has 0 atom stereocenters. The van der Waals surface area contributed by atoms with Gasteiger partial charge in [-0.1, -0.05) is 23.4 Å². The molecule has 2 aromatic heterocycles. The summed E-state index contributed by atoms with van der Waals surface area (Å²) in [6.45, 7) is 1.45. The van der Waals surface area contributed by atoms with E-state index in [-0.39, 0.29) is 11.8 Å². The summed E-state index contributed by atoms with van der Waals surface area (Å²) >= 11 is 0. The van der Waals surface area contributed by atoms with E-state index in [2.05, 4.69) is 10.1 Å². The maximum Gasteiger partial charge on any atom is 0.256 e. The molecule has 0 radical (unpaired) electrons. The number of hydrogen-bond donors (Lipinski definition) is 0. The molecule has 1 fully saturated rings. The van der Waals surface area contributed by atoms with E-state index in [4.69, 9.17) is 4.52 Å². The van der Waals surface area contributed by atoms with Gasteiger partial charge in [0.05, 0.1) is 5.56 Å². The standard InChI is InChI=1S/C17H18N4O2/c1-20-10-14(13-4-2-3-5-15(13)20)17(22)21-8-6-12(7-9-21)16-18-11-23-19-16/h2-5,10-12H,6-9H2,1H3. The third-order valence-corrected chi connectivity index (χ3v) is 4.65. The fraction of sp³-hybridized carbons (Fsp3) is 0.353. The van der Waals surface area contributed by atoms with E-state index < -0.39 is 0 Å². The molecule has 0 bridgehead atoms. The van der Waals surface area contributed by atoms with Gasteiger partial charge in [-0.3, -0.25) is 4.79 Å². The van der Waals surface area contributed by atoms with Crippen molar-refractivity contribution in [3.8, 4) is 0 Å². The predicted molar refractivity (Wildman–Crippen MR) is 85.1 cm³/mol. The number of amides is 1. The molecule has 1 aliphatic rings. The van der Waals surface area contributed by atoms with Crippen molar-refractivity contribution in [3.05, 3.63) is 48.2 Å². The summed E-state index contributed by atoms with van der Waals surface area (Å²) in [4.78, 5) is 18.9. The van der Waals surface area contributed by atoms with Gasteiger partial charge in [0.15, 0.2) is 5.82 Å². The first-order valence-corrected chi connectivity index (χ1v) is 7.83. The highest BCUT2D eigenvalue weighted by Crippen LogP contribution is 2.28. The summed E-state index contributed by atoms with van der Waals surface area (Å²) in [5, 5.41) is 4.93. The number of likely N-dealkylation sites (tertiary alicyclic amines) is 1. The van der Waals surface area contributed by atoms with E-state index in [0.29, 0.717) is 0 Å². The van der Waals surface area contributed by atoms with Crippen LogP contribution in [0.2, 0.25) is 0 Å². The Morgan fingerprint density at radius 2 is 2.04 bits per heavy atom. The molecule has 0 unspecified atom stereocenters. The predicted octanol–water partition coefficient (Wildman–Crippen LogP) is 2.58. The molecule has 0 saturated carbocycles. The first-order valence-electron chi connectivity index (χ1n) is 7.83. The Balaban J connectivity index is 1.54. The molecule has 1 aromatic carbocycles. The van der Waals surface area contributed by atoms with Crippen molar-refractivity contribution in [1.29, 1.82) is 0 Å². The lowest BCUT2D eigenvalue weighted by Crippen LogP contribution is -2.38. The molecule has 1 saturated heterocycles. The smallest absolute Gasteiger partial charge is 0.256 e. The molecular formula is C17H18N4O2. The average Bonchev–Trinajstić information content (AvgIpc) is 3.23. The molecule has 23 heavy (non-hydrogen) atoms. The van der Waals surface area contributed by atoms with Gasteiger partial charge in [-0.25, -0.2) is 0 Å². The molecule has 6 heteroatoms. The van der Waals surface area contributed by atoms with Gasteiger partial charge in [0, 0.05) is 43.2 Å². The summed E-state index contributed by atoms with van der Waals surface area (Å²) in [5.41, 5.74) is 1.86. The molecule has 0 spiro atoms. The number of carbonyl (C=O) groups is 1. The molecule has 3 heterocycles. The Hall–Kier alpha value is -2.63. The number of aryl methyl sites for hydroxylation is 1. The topological polar surface area (TPSA) is 64.2 Å². The van der Waals surface area contributed by atoms with Crippen LogP contribution in [-0.4, -0.2) is 38.6 Å². The summed E-state index contributed by atoms with van der Waals surface area (Å²) in [6, 6.07) is 8.01. The van der Waals surface area contributed by atoms with Gasteiger partial charge in [-0.05, 0) is 18.9 Å². The second-order valence-electron chi connectivity index (χ2n) is 6.03. The highest BCUT2D eigenvalue weighted by molar-refractivity contribution is 6.07. The van der Waals surface area contributed by atoms with E-state index in [9.17, 15) is 4.79 Å². The number of hydrogen-bond acceptors (Lipinski definition) is 4. The third-order valence-electron chi connectivity index (χ3n) is 4.65. The van der Waals surface area contributed by atoms with Crippen LogP contribution in [0.5, 0.6) is 0 Å². The molecule has 3 aromatic rings. The number of carbonyl (C=O) groups excluding carboxylic acids is 1. The molecule has 0 N–H and O–H groups in total. The summed E-state index contributed by atoms with van der Waals surface area (Å²) in [5.74, 6) is 1.14. The van der Waals surface area contributed by atoms with Crippen LogP contribution in [0.15, 0.2) is 41.4 Å². The van der Waals surface area contributed by atoms with Gasteiger partial charge in [0.1, 0.15) is 0 Å². The monoisotopic (exact) mass is 310 g/mol. The molecule has 4 rings (SSSR count). The average molecular weight is 310 g/mol. The minimum Gasteiger partial charge on any atom is -0.350 e. The van der Waals surface area contributed by atoms with Gasteiger partial charge in [-0.2, -0.15) is 4.98 Å². The summed E-state index contributed by atoms with van der Waals surface area (Å²) in [6.07, 6.45) is 5.04. The van der Waals surface area contributed by atoms with Crippen molar-refractivity contribution in [2.24, 2.45) is 7.05 Å². The van der Waals surface area contributed by atoms with Crippen molar-refractivity contribution in [1.82, 2.24) is 19.6 Å². The number of benzene rings is 1. The van der Waals surface area contributed by atoms with Crippen LogP contribution in [-0.2, 0) is 7.05 Å². The van der Waals surface area contributed by atoms with Crippen LogP contribution >= 0.6 is 0 Å². The SMILES string of the molecule is Cn1cc(C(=O)N2CCC(c3ncon3)CC2)c2ccccc21. The number of para-hydroxylation sites is 1. The van der Waals surface area contributed by atoms with Crippen molar-refractivity contribution in [2.45, 2.75) is 18.8 Å². The van der Waals surface area contributed by atoms with Gasteiger partial charge >= 0.3 is 0 Å². The van der Waals surface area contributed by atoms with Crippen molar-refractivity contribution in [3.63, 3.8) is 0 Å². The highest BCUT2D eigenvalue weighted by Gasteiger charge is 2.28. The minimum absolute atomic E-state index is 0.105. The summed E-state index contributed by atoms with van der Waals surface area (Å²) in [7, 11) is 1.97. The lowest BCUT2D eigenvalue weighted by molar-refractivity contribution is 0.0712. The number of aromatic nitrogens is 3. The van der Waals surface area contributed by atoms with Gasteiger partial charge in [0.2, 0.25) is 6.39 Å². The van der Waals surface area contributed by atoms with Gasteiger partial charge in [0.25, 0.3) is 5.91 Å². The van der Waals surface area contributed by atoms with Crippen LogP contribution in [0.3, 0.4) is 0 Å². The molecule has 0 aliphatic carbocycles. The Morgan fingerprint density at radius 3 is 2.78 bits per heavy atom. The second kappa shape index (κ2) is 5.53. The largest absolute Gasteiger partial charge is 0.350 e. The van der Waals surface area contributed by atoms with Crippen LogP contribution < -0.4 is 0 Å². The molecular weight excluding hydrogens is 292 g/mol. The second-order valence-corrected chi connectivity index (χ2v) is 6.03. The van der Waals surface area contributed by atoms with Crippen LogP contribution in [0.1, 0.15) is 34.9 Å². The third kappa shape index (κ3) is 2.40.